The first-order chi connectivity index (χ1) is 8.43. The van der Waals surface area contributed by atoms with Gasteiger partial charge in [0.05, 0.1) is 0 Å². The van der Waals surface area contributed by atoms with Gasteiger partial charge in [-0.05, 0) is 19.2 Å². The van der Waals surface area contributed by atoms with E-state index < -0.39 is 5.97 Å². The molecule has 1 amide bonds. The quantitative estimate of drug-likeness (QED) is 0.816. The number of nitrogens with zero attached hydrogens (tertiary/aromatic N) is 1. The van der Waals surface area contributed by atoms with Gasteiger partial charge >= 0.3 is 5.97 Å². The van der Waals surface area contributed by atoms with Crippen molar-refractivity contribution in [1.29, 1.82) is 0 Å². The fourth-order valence-electron chi connectivity index (χ4n) is 1.71. The number of hydrogen-bond donors (Lipinski definition) is 2. The minimum Gasteiger partial charge on any atom is -0.477 e. The smallest absolute Gasteiger partial charge is 0.345 e. The SMILES string of the molecule is CNC(=O)C(C)CN(C)Cc1ccc(C(=O)O)s1. The first-order valence-corrected chi connectivity index (χ1v) is 6.47. The molecule has 0 saturated heterocycles. The molecular formula is C12H18N2O3S. The van der Waals surface area contributed by atoms with Crippen LogP contribution < -0.4 is 5.32 Å². The Morgan fingerprint density at radius 1 is 1.50 bits per heavy atom. The Balaban J connectivity index is 2.51. The molecule has 6 heteroatoms. The molecule has 1 rings (SSSR count). The van der Waals surface area contributed by atoms with Crippen LogP contribution in [0.25, 0.3) is 0 Å². The number of carbonyl (C=O) groups is 2. The van der Waals surface area contributed by atoms with Crippen LogP contribution in [0.4, 0.5) is 0 Å². The summed E-state index contributed by atoms with van der Waals surface area (Å²) in [4.78, 5) is 25.5. The summed E-state index contributed by atoms with van der Waals surface area (Å²) in [6.07, 6.45) is 0. The van der Waals surface area contributed by atoms with Crippen molar-refractivity contribution in [2.75, 3.05) is 20.6 Å². The molecule has 0 aliphatic rings. The second-order valence-corrected chi connectivity index (χ2v) is 5.45. The van der Waals surface area contributed by atoms with Gasteiger partial charge in [-0.1, -0.05) is 6.92 Å². The summed E-state index contributed by atoms with van der Waals surface area (Å²) in [5.41, 5.74) is 0. The lowest BCUT2D eigenvalue weighted by Crippen LogP contribution is -2.33. The summed E-state index contributed by atoms with van der Waals surface area (Å²) in [5, 5.41) is 11.4. The van der Waals surface area contributed by atoms with Gasteiger partial charge in [-0.15, -0.1) is 11.3 Å². The van der Waals surface area contributed by atoms with Gasteiger partial charge in [0.1, 0.15) is 4.88 Å². The van der Waals surface area contributed by atoms with Crippen molar-refractivity contribution < 1.29 is 14.7 Å². The van der Waals surface area contributed by atoms with Crippen LogP contribution in [-0.4, -0.2) is 42.5 Å². The number of carboxylic acids is 1. The second-order valence-electron chi connectivity index (χ2n) is 4.28. The van der Waals surface area contributed by atoms with Crippen LogP contribution >= 0.6 is 11.3 Å². The predicted octanol–water partition coefficient (Wildman–Crippen LogP) is 1.26. The van der Waals surface area contributed by atoms with E-state index in [4.69, 9.17) is 5.11 Å². The van der Waals surface area contributed by atoms with E-state index >= 15 is 0 Å². The summed E-state index contributed by atoms with van der Waals surface area (Å²) in [6, 6.07) is 3.42. The molecule has 0 bridgehead atoms. The fraction of sp³-hybridized carbons (Fsp3) is 0.500. The number of carboxylic acid groups (broad SMARTS) is 1. The van der Waals surface area contributed by atoms with E-state index in [1.807, 2.05) is 24.9 Å². The minimum absolute atomic E-state index is 0.0132. The molecule has 0 aliphatic heterocycles. The van der Waals surface area contributed by atoms with Crippen molar-refractivity contribution >= 4 is 23.2 Å². The molecule has 1 atom stereocenters. The maximum absolute atomic E-state index is 11.4. The standard InChI is InChI=1S/C12H18N2O3S/c1-8(11(15)13-2)6-14(3)7-9-4-5-10(18-9)12(16)17/h4-5,8H,6-7H2,1-3H3,(H,13,15)(H,16,17). The van der Waals surface area contributed by atoms with E-state index in [1.54, 1.807) is 13.1 Å². The van der Waals surface area contributed by atoms with Crippen LogP contribution in [0.2, 0.25) is 0 Å². The molecule has 2 N–H and O–H groups in total. The van der Waals surface area contributed by atoms with Gasteiger partial charge in [-0.3, -0.25) is 4.79 Å². The molecule has 1 unspecified atom stereocenters. The van der Waals surface area contributed by atoms with Crippen LogP contribution in [0.3, 0.4) is 0 Å². The van der Waals surface area contributed by atoms with Gasteiger partial charge in [-0.25, -0.2) is 4.79 Å². The fourth-order valence-corrected chi connectivity index (χ4v) is 2.63. The summed E-state index contributed by atoms with van der Waals surface area (Å²) >= 11 is 1.27. The Morgan fingerprint density at radius 2 is 2.17 bits per heavy atom. The Morgan fingerprint density at radius 3 is 2.67 bits per heavy atom. The molecule has 1 aromatic rings. The Hall–Kier alpha value is -1.40. The second kappa shape index (κ2) is 6.51. The summed E-state index contributed by atoms with van der Waals surface area (Å²) < 4.78 is 0. The van der Waals surface area contributed by atoms with Gasteiger partial charge in [0.2, 0.25) is 5.91 Å². The molecule has 0 radical (unpaired) electrons. The number of hydrogen-bond acceptors (Lipinski definition) is 4. The number of carbonyl (C=O) groups excluding carboxylic acids is 1. The zero-order chi connectivity index (χ0) is 13.7. The van der Waals surface area contributed by atoms with Crippen LogP contribution in [-0.2, 0) is 11.3 Å². The first kappa shape index (κ1) is 14.7. The molecule has 0 fully saturated rings. The lowest BCUT2D eigenvalue weighted by molar-refractivity contribution is -0.124. The van der Waals surface area contributed by atoms with E-state index in [0.29, 0.717) is 18.0 Å². The van der Waals surface area contributed by atoms with Gasteiger partial charge in [0, 0.05) is 30.9 Å². The summed E-state index contributed by atoms with van der Waals surface area (Å²) in [7, 11) is 3.54. The first-order valence-electron chi connectivity index (χ1n) is 5.66. The average molecular weight is 270 g/mol. The third-order valence-corrected chi connectivity index (χ3v) is 3.64. The summed E-state index contributed by atoms with van der Waals surface area (Å²) in [5.74, 6) is -0.967. The van der Waals surface area contributed by atoms with Gasteiger partial charge in [0.25, 0.3) is 0 Å². The van der Waals surface area contributed by atoms with E-state index in [9.17, 15) is 9.59 Å². The Labute approximate surface area is 110 Å². The maximum Gasteiger partial charge on any atom is 0.345 e. The highest BCUT2D eigenvalue weighted by molar-refractivity contribution is 7.13. The van der Waals surface area contributed by atoms with Crippen molar-refractivity contribution in [3.05, 3.63) is 21.9 Å². The predicted molar refractivity (Wildman–Crippen MR) is 70.8 cm³/mol. The third kappa shape index (κ3) is 4.12. The molecule has 0 aromatic carbocycles. The van der Waals surface area contributed by atoms with Crippen LogP contribution in [0.1, 0.15) is 21.5 Å². The zero-order valence-corrected chi connectivity index (χ0v) is 11.6. The lowest BCUT2D eigenvalue weighted by atomic mass is 10.1. The monoisotopic (exact) mass is 270 g/mol. The number of thiophene rings is 1. The molecule has 1 heterocycles. The van der Waals surface area contributed by atoms with Crippen molar-refractivity contribution in [1.82, 2.24) is 10.2 Å². The normalized spacial score (nSPS) is 12.4. The molecule has 5 nitrogen and oxygen atoms in total. The lowest BCUT2D eigenvalue weighted by Gasteiger charge is -2.19. The van der Waals surface area contributed by atoms with Crippen LogP contribution in [0.15, 0.2) is 12.1 Å². The molecule has 1 aromatic heterocycles. The number of rotatable bonds is 6. The molecule has 18 heavy (non-hydrogen) atoms. The molecule has 0 saturated carbocycles. The number of aromatic carboxylic acids is 1. The van der Waals surface area contributed by atoms with E-state index in [2.05, 4.69) is 5.32 Å². The van der Waals surface area contributed by atoms with Gasteiger partial charge < -0.3 is 15.3 Å². The maximum atomic E-state index is 11.4. The van der Waals surface area contributed by atoms with Crippen molar-refractivity contribution in [2.45, 2.75) is 13.5 Å². The number of nitrogens with one attached hydrogen (secondary N) is 1. The largest absolute Gasteiger partial charge is 0.477 e. The van der Waals surface area contributed by atoms with Crippen LogP contribution in [0.5, 0.6) is 0 Å². The Kier molecular flexibility index (Phi) is 5.30. The van der Waals surface area contributed by atoms with E-state index in [1.165, 1.54) is 11.3 Å². The van der Waals surface area contributed by atoms with E-state index in [-0.39, 0.29) is 11.8 Å². The third-order valence-electron chi connectivity index (χ3n) is 2.58. The highest BCUT2D eigenvalue weighted by atomic mass is 32.1. The average Bonchev–Trinajstić information content (AvgIpc) is 2.76. The van der Waals surface area contributed by atoms with Crippen molar-refractivity contribution in [3.63, 3.8) is 0 Å². The van der Waals surface area contributed by atoms with Crippen molar-refractivity contribution in [3.8, 4) is 0 Å². The molecule has 0 spiro atoms. The van der Waals surface area contributed by atoms with Gasteiger partial charge in [0.15, 0.2) is 0 Å². The highest BCUT2D eigenvalue weighted by Crippen LogP contribution is 2.18. The number of amides is 1. The van der Waals surface area contributed by atoms with Crippen molar-refractivity contribution in [2.24, 2.45) is 5.92 Å². The van der Waals surface area contributed by atoms with Crippen LogP contribution in [0, 0.1) is 5.92 Å². The molecular weight excluding hydrogens is 252 g/mol. The summed E-state index contributed by atoms with van der Waals surface area (Å²) in [6.45, 7) is 3.16. The topological polar surface area (TPSA) is 69.6 Å². The van der Waals surface area contributed by atoms with E-state index in [0.717, 1.165) is 4.88 Å². The minimum atomic E-state index is -0.896. The molecule has 0 aliphatic carbocycles. The Bertz CT molecular complexity index is 431. The molecule has 100 valence electrons. The highest BCUT2D eigenvalue weighted by Gasteiger charge is 2.14. The zero-order valence-electron chi connectivity index (χ0n) is 10.8. The van der Waals surface area contributed by atoms with Gasteiger partial charge in [-0.2, -0.15) is 0 Å².